The molecule has 0 radical (unpaired) electrons. The Morgan fingerprint density at radius 3 is 2.67 bits per heavy atom. The lowest BCUT2D eigenvalue weighted by Gasteiger charge is -2.24. The first-order valence-corrected chi connectivity index (χ1v) is 5.90. The Hall–Kier alpha value is -1.82. The minimum Gasteiger partial charge on any atom is -0.493 e. The highest BCUT2D eigenvalue weighted by Crippen LogP contribution is 2.32. The van der Waals surface area contributed by atoms with Crippen molar-refractivity contribution in [1.29, 1.82) is 0 Å². The molecule has 6 nitrogen and oxygen atoms in total. The van der Waals surface area contributed by atoms with Crippen LogP contribution in [0.1, 0.15) is 12.8 Å². The first kappa shape index (κ1) is 12.6. The van der Waals surface area contributed by atoms with Gasteiger partial charge >= 0.3 is 0 Å². The summed E-state index contributed by atoms with van der Waals surface area (Å²) in [6.07, 6.45) is 1.87. The normalized spacial score (nSPS) is 16.3. The van der Waals surface area contributed by atoms with Gasteiger partial charge in [0.2, 0.25) is 0 Å². The van der Waals surface area contributed by atoms with E-state index in [1.807, 2.05) is 0 Å². The van der Waals surface area contributed by atoms with Crippen molar-refractivity contribution in [3.05, 3.63) is 28.3 Å². The number of nitrogens with zero attached hydrogens (tertiary/aromatic N) is 1. The van der Waals surface area contributed by atoms with Crippen molar-refractivity contribution in [2.45, 2.75) is 18.9 Å². The number of rotatable bonds is 4. The van der Waals surface area contributed by atoms with Crippen molar-refractivity contribution in [1.82, 2.24) is 5.32 Å². The first-order chi connectivity index (χ1) is 8.70. The number of non-ortho nitro benzene ring substituents is 1. The summed E-state index contributed by atoms with van der Waals surface area (Å²) in [4.78, 5) is 10.3. The van der Waals surface area contributed by atoms with E-state index in [4.69, 9.17) is 9.47 Å². The fourth-order valence-electron chi connectivity index (χ4n) is 1.96. The summed E-state index contributed by atoms with van der Waals surface area (Å²) in [5.41, 5.74) is 0.0136. The van der Waals surface area contributed by atoms with Crippen LogP contribution in [-0.4, -0.2) is 31.2 Å². The number of ether oxygens (including phenoxy) is 2. The van der Waals surface area contributed by atoms with E-state index in [1.54, 1.807) is 6.07 Å². The van der Waals surface area contributed by atoms with Gasteiger partial charge in [0.15, 0.2) is 11.5 Å². The summed E-state index contributed by atoms with van der Waals surface area (Å²) in [6.45, 7) is 1.81. The molecule has 2 rings (SSSR count). The standard InChI is InChI=1S/C12H16N2O4/c1-17-11-3-2-9(14(15)16)8-12(11)18-10-4-6-13-7-5-10/h2-3,8,10,13H,4-7H2,1H3. The quantitative estimate of drug-likeness (QED) is 0.652. The number of piperidine rings is 1. The maximum Gasteiger partial charge on any atom is 0.273 e. The lowest BCUT2D eigenvalue weighted by molar-refractivity contribution is -0.385. The van der Waals surface area contributed by atoms with Gasteiger partial charge in [0, 0.05) is 6.07 Å². The molecule has 1 aromatic carbocycles. The summed E-state index contributed by atoms with van der Waals surface area (Å²) in [7, 11) is 1.52. The summed E-state index contributed by atoms with van der Waals surface area (Å²) in [5.74, 6) is 0.970. The average molecular weight is 252 g/mol. The first-order valence-electron chi connectivity index (χ1n) is 5.90. The van der Waals surface area contributed by atoms with Gasteiger partial charge in [-0.3, -0.25) is 10.1 Å². The molecule has 0 spiro atoms. The van der Waals surface area contributed by atoms with Crippen LogP contribution in [0.5, 0.6) is 11.5 Å². The maximum atomic E-state index is 10.7. The number of methoxy groups -OCH3 is 1. The number of nitro benzene ring substituents is 1. The van der Waals surface area contributed by atoms with Crippen molar-refractivity contribution in [2.24, 2.45) is 0 Å². The van der Waals surface area contributed by atoms with Crippen LogP contribution in [0.25, 0.3) is 0 Å². The van der Waals surface area contributed by atoms with Crippen molar-refractivity contribution in [3.63, 3.8) is 0 Å². The summed E-state index contributed by atoms with van der Waals surface area (Å²) >= 11 is 0. The highest BCUT2D eigenvalue weighted by molar-refractivity contribution is 5.48. The van der Waals surface area contributed by atoms with E-state index in [0.717, 1.165) is 25.9 Å². The molecule has 98 valence electrons. The van der Waals surface area contributed by atoms with Gasteiger partial charge < -0.3 is 14.8 Å². The van der Waals surface area contributed by atoms with E-state index < -0.39 is 4.92 Å². The van der Waals surface area contributed by atoms with Gasteiger partial charge in [0.05, 0.1) is 18.1 Å². The molecule has 1 saturated heterocycles. The zero-order valence-electron chi connectivity index (χ0n) is 10.2. The Balaban J connectivity index is 2.17. The average Bonchev–Trinajstić information content (AvgIpc) is 2.39. The minimum atomic E-state index is -0.436. The second-order valence-electron chi connectivity index (χ2n) is 4.16. The fourth-order valence-corrected chi connectivity index (χ4v) is 1.96. The van der Waals surface area contributed by atoms with Gasteiger partial charge in [0.1, 0.15) is 6.10 Å². The molecule has 1 aliphatic rings. The molecule has 0 atom stereocenters. The van der Waals surface area contributed by atoms with Crippen molar-refractivity contribution >= 4 is 5.69 Å². The van der Waals surface area contributed by atoms with Gasteiger partial charge in [-0.1, -0.05) is 0 Å². The van der Waals surface area contributed by atoms with Gasteiger partial charge in [-0.05, 0) is 32.0 Å². The van der Waals surface area contributed by atoms with Crippen molar-refractivity contribution in [2.75, 3.05) is 20.2 Å². The Morgan fingerprint density at radius 2 is 2.06 bits per heavy atom. The molecule has 18 heavy (non-hydrogen) atoms. The predicted octanol–water partition coefficient (Wildman–Crippen LogP) is 1.73. The van der Waals surface area contributed by atoms with Gasteiger partial charge in [-0.25, -0.2) is 0 Å². The van der Waals surface area contributed by atoms with Crippen molar-refractivity contribution < 1.29 is 14.4 Å². The summed E-state index contributed by atoms with van der Waals surface area (Å²) in [6, 6.07) is 4.39. The van der Waals surface area contributed by atoms with Crippen LogP contribution in [-0.2, 0) is 0 Å². The second kappa shape index (κ2) is 5.68. The summed E-state index contributed by atoms with van der Waals surface area (Å²) < 4.78 is 11.0. The van der Waals surface area contributed by atoms with E-state index in [-0.39, 0.29) is 11.8 Å². The largest absolute Gasteiger partial charge is 0.493 e. The molecule has 1 N–H and O–H groups in total. The zero-order chi connectivity index (χ0) is 13.0. The number of hydrogen-bond acceptors (Lipinski definition) is 5. The van der Waals surface area contributed by atoms with E-state index in [0.29, 0.717) is 11.5 Å². The molecular weight excluding hydrogens is 236 g/mol. The van der Waals surface area contributed by atoms with Crippen LogP contribution in [0.2, 0.25) is 0 Å². The molecule has 1 aliphatic heterocycles. The van der Waals surface area contributed by atoms with Crippen LogP contribution < -0.4 is 14.8 Å². The molecular formula is C12H16N2O4. The van der Waals surface area contributed by atoms with Gasteiger partial charge in [0.25, 0.3) is 5.69 Å². The lowest BCUT2D eigenvalue weighted by Crippen LogP contribution is -2.34. The van der Waals surface area contributed by atoms with E-state index >= 15 is 0 Å². The smallest absolute Gasteiger partial charge is 0.273 e. The number of nitro groups is 1. The number of nitrogens with one attached hydrogen (secondary N) is 1. The lowest BCUT2D eigenvalue weighted by atomic mass is 10.1. The third-order valence-corrected chi connectivity index (χ3v) is 2.94. The fraction of sp³-hybridized carbons (Fsp3) is 0.500. The van der Waals surface area contributed by atoms with Crippen LogP contribution in [0, 0.1) is 10.1 Å². The Bertz CT molecular complexity index is 430. The van der Waals surface area contributed by atoms with Gasteiger partial charge in [-0.2, -0.15) is 0 Å². The number of benzene rings is 1. The molecule has 1 fully saturated rings. The predicted molar refractivity (Wildman–Crippen MR) is 66.2 cm³/mol. The van der Waals surface area contributed by atoms with E-state index in [2.05, 4.69) is 5.32 Å². The highest BCUT2D eigenvalue weighted by Gasteiger charge is 2.18. The topological polar surface area (TPSA) is 73.6 Å². The van der Waals surface area contributed by atoms with E-state index in [1.165, 1.54) is 19.2 Å². The maximum absolute atomic E-state index is 10.7. The van der Waals surface area contributed by atoms with Gasteiger partial charge in [-0.15, -0.1) is 0 Å². The van der Waals surface area contributed by atoms with E-state index in [9.17, 15) is 10.1 Å². The Kier molecular flexibility index (Phi) is 3.99. The molecule has 0 aromatic heterocycles. The summed E-state index contributed by atoms with van der Waals surface area (Å²) in [5, 5.41) is 14.0. The third kappa shape index (κ3) is 2.89. The van der Waals surface area contributed by atoms with Crippen molar-refractivity contribution in [3.8, 4) is 11.5 Å². The SMILES string of the molecule is COc1ccc([N+](=O)[O-])cc1OC1CCNCC1. The third-order valence-electron chi connectivity index (χ3n) is 2.94. The molecule has 0 aliphatic carbocycles. The molecule has 0 saturated carbocycles. The molecule has 0 unspecified atom stereocenters. The van der Waals surface area contributed by atoms with Crippen LogP contribution in [0.15, 0.2) is 18.2 Å². The monoisotopic (exact) mass is 252 g/mol. The molecule has 1 aromatic rings. The molecule has 0 bridgehead atoms. The Labute approximate surface area is 105 Å². The highest BCUT2D eigenvalue weighted by atomic mass is 16.6. The van der Waals surface area contributed by atoms with Crippen LogP contribution in [0.3, 0.4) is 0 Å². The molecule has 6 heteroatoms. The Morgan fingerprint density at radius 1 is 1.33 bits per heavy atom. The van der Waals surface area contributed by atoms with Crippen LogP contribution >= 0.6 is 0 Å². The molecule has 1 heterocycles. The second-order valence-corrected chi connectivity index (χ2v) is 4.16. The van der Waals surface area contributed by atoms with Crippen LogP contribution in [0.4, 0.5) is 5.69 Å². The number of hydrogen-bond donors (Lipinski definition) is 1. The molecule has 0 amide bonds. The minimum absolute atomic E-state index is 0.0136. The zero-order valence-corrected chi connectivity index (χ0v) is 10.2.